The summed E-state index contributed by atoms with van der Waals surface area (Å²) < 4.78 is 5.93. The lowest BCUT2D eigenvalue weighted by molar-refractivity contribution is -0.151. The Morgan fingerprint density at radius 2 is 0.900 bits per heavy atom. The maximum Gasteiger partial charge on any atom is 0.306 e. The largest absolute Gasteiger partial charge is 0.462 e. The van der Waals surface area contributed by atoms with Gasteiger partial charge in [0.25, 0.3) is 0 Å². The molecule has 0 aromatic carbocycles. The molecule has 0 radical (unpaired) electrons. The van der Waals surface area contributed by atoms with Crippen molar-refractivity contribution in [2.75, 3.05) is 6.61 Å². The van der Waals surface area contributed by atoms with Gasteiger partial charge in [0.2, 0.25) is 5.91 Å². The van der Waals surface area contributed by atoms with Crippen molar-refractivity contribution in [3.05, 3.63) is 36.5 Å². The summed E-state index contributed by atoms with van der Waals surface area (Å²) >= 11 is 0. The van der Waals surface area contributed by atoms with Gasteiger partial charge in [-0.25, -0.2) is 0 Å². The van der Waals surface area contributed by atoms with E-state index in [1.165, 1.54) is 135 Å². The maximum atomic E-state index is 13.2. The zero-order chi connectivity index (χ0) is 43.8. The molecule has 0 fully saturated rings. The van der Waals surface area contributed by atoms with E-state index in [1.807, 2.05) is 0 Å². The standard InChI is InChI=1S/C54H101NO5/c1-4-7-10-13-16-19-21-23-25-26-27-28-30-32-35-38-41-44-47-54(59)60-50(45-42-39-36-34-31-29-24-22-20-17-14-11-8-5-2)48-53(58)55-51(49-56)52(57)46-43-40-37-33-18-15-12-9-6-3/h8,11,17,20,24,29,50-52,56-57H,4-7,9-10,12-16,18-19,21-23,25-28,30-49H2,1-3H3,(H,55,58)/b11-8+,20-17+,29-24+. The fraction of sp³-hybridized carbons (Fsp3) is 0.852. The summed E-state index contributed by atoms with van der Waals surface area (Å²) in [6.45, 7) is 6.36. The highest BCUT2D eigenvalue weighted by molar-refractivity contribution is 5.77. The molecule has 6 nitrogen and oxygen atoms in total. The van der Waals surface area contributed by atoms with Gasteiger partial charge >= 0.3 is 5.97 Å². The van der Waals surface area contributed by atoms with E-state index in [1.54, 1.807) is 0 Å². The molecule has 0 saturated carbocycles. The molecule has 0 aliphatic heterocycles. The summed E-state index contributed by atoms with van der Waals surface area (Å²) in [5, 5.41) is 23.7. The first kappa shape index (κ1) is 58.1. The lowest BCUT2D eigenvalue weighted by atomic mass is 10.0. The highest BCUT2D eigenvalue weighted by Gasteiger charge is 2.24. The van der Waals surface area contributed by atoms with Crippen LogP contribution < -0.4 is 5.32 Å². The number of unbranched alkanes of at least 4 members (excludes halogenated alkanes) is 29. The van der Waals surface area contributed by atoms with Crippen LogP contribution in [-0.4, -0.2) is 46.9 Å². The van der Waals surface area contributed by atoms with Gasteiger partial charge in [0, 0.05) is 6.42 Å². The average molecular weight is 844 g/mol. The molecule has 0 rings (SSSR count). The van der Waals surface area contributed by atoms with Gasteiger partial charge in [-0.3, -0.25) is 9.59 Å². The fourth-order valence-electron chi connectivity index (χ4n) is 8.03. The Labute approximate surface area is 373 Å². The van der Waals surface area contributed by atoms with Gasteiger partial charge in [-0.05, 0) is 57.8 Å². The van der Waals surface area contributed by atoms with Crippen molar-refractivity contribution < 1.29 is 24.5 Å². The van der Waals surface area contributed by atoms with Crippen molar-refractivity contribution in [3.63, 3.8) is 0 Å². The highest BCUT2D eigenvalue weighted by Crippen LogP contribution is 2.18. The lowest BCUT2D eigenvalue weighted by Gasteiger charge is -2.24. The Bertz CT molecular complexity index is 993. The number of nitrogens with one attached hydrogen (secondary N) is 1. The SMILES string of the molecule is CC/C=C/C/C=C/C/C=C/CCCCCCC(CC(=O)NC(CO)C(O)CCCCCCCCCCC)OC(=O)CCCCCCCCCCCCCCCCCCCC. The van der Waals surface area contributed by atoms with Crippen molar-refractivity contribution in [2.45, 2.75) is 289 Å². The Hall–Kier alpha value is -1.92. The van der Waals surface area contributed by atoms with Crippen molar-refractivity contribution in [1.82, 2.24) is 5.32 Å². The first-order chi connectivity index (χ1) is 29.5. The monoisotopic (exact) mass is 844 g/mol. The molecule has 3 atom stereocenters. The van der Waals surface area contributed by atoms with Gasteiger partial charge < -0.3 is 20.3 Å². The Balaban J connectivity index is 4.52. The van der Waals surface area contributed by atoms with Gasteiger partial charge in [0.15, 0.2) is 0 Å². The number of aliphatic hydroxyl groups is 2. The Kier molecular flexibility index (Phi) is 46.6. The number of esters is 1. The topological polar surface area (TPSA) is 95.9 Å². The van der Waals surface area contributed by atoms with Crippen molar-refractivity contribution >= 4 is 11.9 Å². The van der Waals surface area contributed by atoms with Crippen LogP contribution in [0.25, 0.3) is 0 Å². The number of ether oxygens (including phenoxy) is 1. The van der Waals surface area contributed by atoms with Crippen LogP contribution in [-0.2, 0) is 14.3 Å². The van der Waals surface area contributed by atoms with E-state index in [0.29, 0.717) is 19.3 Å². The first-order valence-corrected chi connectivity index (χ1v) is 26.2. The van der Waals surface area contributed by atoms with Crippen LogP contribution in [0.5, 0.6) is 0 Å². The quantitative estimate of drug-likeness (QED) is 0.0322. The first-order valence-electron chi connectivity index (χ1n) is 26.2. The van der Waals surface area contributed by atoms with Crippen LogP contribution in [0.3, 0.4) is 0 Å². The number of amides is 1. The molecule has 0 bridgehead atoms. The molecule has 0 spiro atoms. The third kappa shape index (κ3) is 42.8. The van der Waals surface area contributed by atoms with Gasteiger partial charge in [0.05, 0.1) is 25.2 Å². The van der Waals surface area contributed by atoms with Crippen LogP contribution in [0, 0.1) is 0 Å². The summed E-state index contributed by atoms with van der Waals surface area (Å²) in [7, 11) is 0. The number of hydrogen-bond donors (Lipinski definition) is 3. The highest BCUT2D eigenvalue weighted by atomic mass is 16.5. The predicted molar refractivity (Wildman–Crippen MR) is 259 cm³/mol. The molecular weight excluding hydrogens is 743 g/mol. The zero-order valence-corrected chi connectivity index (χ0v) is 40.1. The molecule has 3 unspecified atom stereocenters. The van der Waals surface area contributed by atoms with E-state index in [0.717, 1.165) is 89.9 Å². The molecule has 0 heterocycles. The van der Waals surface area contributed by atoms with Crippen LogP contribution in [0.2, 0.25) is 0 Å². The minimum absolute atomic E-state index is 0.0661. The number of carbonyl (C=O) groups is 2. The minimum Gasteiger partial charge on any atom is -0.462 e. The molecule has 60 heavy (non-hydrogen) atoms. The van der Waals surface area contributed by atoms with Crippen molar-refractivity contribution in [3.8, 4) is 0 Å². The zero-order valence-electron chi connectivity index (χ0n) is 40.1. The van der Waals surface area contributed by atoms with Gasteiger partial charge in [0.1, 0.15) is 6.10 Å². The summed E-state index contributed by atoms with van der Waals surface area (Å²) in [5.74, 6) is -0.485. The lowest BCUT2D eigenvalue weighted by Crippen LogP contribution is -2.46. The molecule has 0 aromatic heterocycles. The Morgan fingerprint density at radius 3 is 1.37 bits per heavy atom. The summed E-state index contributed by atoms with van der Waals surface area (Å²) in [5.41, 5.74) is 0. The Morgan fingerprint density at radius 1 is 0.500 bits per heavy atom. The number of allylic oxidation sites excluding steroid dienone is 6. The molecule has 0 aliphatic rings. The minimum atomic E-state index is -0.790. The normalized spacial score (nSPS) is 13.5. The molecule has 1 amide bonds. The van der Waals surface area contributed by atoms with Gasteiger partial charge in [-0.1, -0.05) is 237 Å². The van der Waals surface area contributed by atoms with E-state index in [-0.39, 0.29) is 24.9 Å². The maximum absolute atomic E-state index is 13.2. The molecule has 3 N–H and O–H groups in total. The van der Waals surface area contributed by atoms with E-state index < -0.39 is 18.2 Å². The predicted octanol–water partition coefficient (Wildman–Crippen LogP) is 15.7. The average Bonchev–Trinajstić information content (AvgIpc) is 3.24. The molecule has 352 valence electrons. The number of rotatable bonds is 47. The van der Waals surface area contributed by atoms with Crippen LogP contribution in [0.1, 0.15) is 271 Å². The van der Waals surface area contributed by atoms with E-state index in [2.05, 4.69) is 62.5 Å². The third-order valence-corrected chi connectivity index (χ3v) is 12.0. The van der Waals surface area contributed by atoms with Crippen LogP contribution in [0.15, 0.2) is 36.5 Å². The van der Waals surface area contributed by atoms with Crippen molar-refractivity contribution in [1.29, 1.82) is 0 Å². The summed E-state index contributed by atoms with van der Waals surface area (Å²) in [4.78, 5) is 26.1. The number of aliphatic hydroxyl groups excluding tert-OH is 2. The van der Waals surface area contributed by atoms with Gasteiger partial charge in [-0.2, -0.15) is 0 Å². The van der Waals surface area contributed by atoms with E-state index in [9.17, 15) is 19.8 Å². The van der Waals surface area contributed by atoms with Gasteiger partial charge in [-0.15, -0.1) is 0 Å². The molecule has 0 aliphatic carbocycles. The smallest absolute Gasteiger partial charge is 0.306 e. The fourth-order valence-corrected chi connectivity index (χ4v) is 8.03. The van der Waals surface area contributed by atoms with Crippen LogP contribution in [0.4, 0.5) is 0 Å². The van der Waals surface area contributed by atoms with E-state index >= 15 is 0 Å². The second-order valence-corrected chi connectivity index (χ2v) is 17.9. The third-order valence-electron chi connectivity index (χ3n) is 12.0. The number of hydrogen-bond acceptors (Lipinski definition) is 5. The second kappa shape index (κ2) is 48.1. The molecular formula is C54H101NO5. The van der Waals surface area contributed by atoms with Crippen molar-refractivity contribution in [2.24, 2.45) is 0 Å². The van der Waals surface area contributed by atoms with Crippen LogP contribution >= 0.6 is 0 Å². The molecule has 0 aromatic rings. The van der Waals surface area contributed by atoms with E-state index in [4.69, 9.17) is 4.74 Å². The summed E-state index contributed by atoms with van der Waals surface area (Å²) in [6.07, 6.45) is 56.4. The number of carbonyl (C=O) groups excluding carboxylic acids is 2. The molecule has 0 saturated heterocycles. The molecule has 6 heteroatoms. The summed E-state index contributed by atoms with van der Waals surface area (Å²) in [6, 6.07) is -0.705. The second-order valence-electron chi connectivity index (χ2n) is 17.9.